The topological polar surface area (TPSA) is 125 Å². The summed E-state index contributed by atoms with van der Waals surface area (Å²) in [5, 5.41) is 11.5. The number of anilines is 1. The van der Waals surface area contributed by atoms with Gasteiger partial charge < -0.3 is 10.3 Å². The fourth-order valence-electron chi connectivity index (χ4n) is 4.25. The lowest BCUT2D eigenvalue weighted by molar-refractivity contribution is -0.116. The number of aromatic amines is 2. The summed E-state index contributed by atoms with van der Waals surface area (Å²) in [5.74, 6) is -0.0329. The van der Waals surface area contributed by atoms with Crippen molar-refractivity contribution in [3.63, 3.8) is 0 Å². The lowest BCUT2D eigenvalue weighted by atomic mass is 10.1. The molecule has 176 valence electrons. The van der Waals surface area contributed by atoms with Crippen LogP contribution in [0.25, 0.3) is 56.0 Å². The van der Waals surface area contributed by atoms with E-state index < -0.39 is 0 Å². The molecule has 1 amide bonds. The number of carbonyl (C=O) groups is 1. The standard InChI is InChI=1S/C27H22N8O/c1-2-5-24(36)31-17-12-16(14-28-15-17)20-7-8-22-25(32-20)26(35-34-22)23-13-19-18(9-11-30-27(19)33-23)21-6-3-4-10-29-21/h3-4,6-15H,2,5H2,1H3,(H,30,33)(H,31,36)(H,34,35). The fraction of sp³-hybridized carbons (Fsp3) is 0.111. The Kier molecular flexibility index (Phi) is 5.42. The van der Waals surface area contributed by atoms with Crippen molar-refractivity contribution in [3.05, 3.63) is 73.3 Å². The molecule has 0 spiro atoms. The van der Waals surface area contributed by atoms with Gasteiger partial charge in [-0.15, -0.1) is 0 Å². The number of H-pyrrole nitrogens is 2. The van der Waals surface area contributed by atoms with Gasteiger partial charge in [0.15, 0.2) is 0 Å². The molecule has 6 aromatic rings. The van der Waals surface area contributed by atoms with Gasteiger partial charge in [-0.1, -0.05) is 13.0 Å². The number of rotatable bonds is 6. The third-order valence-electron chi connectivity index (χ3n) is 5.93. The lowest BCUT2D eigenvalue weighted by Gasteiger charge is -2.06. The molecule has 0 atom stereocenters. The third kappa shape index (κ3) is 3.96. The summed E-state index contributed by atoms with van der Waals surface area (Å²) >= 11 is 0. The van der Waals surface area contributed by atoms with Crippen LogP contribution in [-0.2, 0) is 4.79 Å². The van der Waals surface area contributed by atoms with Gasteiger partial charge in [-0.2, -0.15) is 5.10 Å². The van der Waals surface area contributed by atoms with Gasteiger partial charge in [0.05, 0.1) is 34.5 Å². The normalized spacial score (nSPS) is 11.2. The van der Waals surface area contributed by atoms with Crippen molar-refractivity contribution in [1.82, 2.24) is 35.1 Å². The van der Waals surface area contributed by atoms with E-state index >= 15 is 0 Å². The minimum atomic E-state index is -0.0329. The maximum Gasteiger partial charge on any atom is 0.224 e. The number of amides is 1. The monoisotopic (exact) mass is 474 g/mol. The first-order chi connectivity index (χ1) is 17.7. The summed E-state index contributed by atoms with van der Waals surface area (Å²) in [5.41, 5.74) is 7.81. The second kappa shape index (κ2) is 9.03. The fourth-order valence-corrected chi connectivity index (χ4v) is 4.25. The number of aromatic nitrogens is 7. The third-order valence-corrected chi connectivity index (χ3v) is 5.93. The molecule has 0 saturated heterocycles. The summed E-state index contributed by atoms with van der Waals surface area (Å²) in [6, 6.07) is 15.6. The minimum absolute atomic E-state index is 0.0329. The molecule has 6 rings (SSSR count). The van der Waals surface area contributed by atoms with Crippen molar-refractivity contribution < 1.29 is 4.79 Å². The number of hydrogen-bond donors (Lipinski definition) is 3. The predicted octanol–water partition coefficient (Wildman–Crippen LogP) is 5.36. The zero-order valence-electron chi connectivity index (χ0n) is 19.5. The molecule has 36 heavy (non-hydrogen) atoms. The van der Waals surface area contributed by atoms with E-state index in [1.807, 2.05) is 55.5 Å². The highest BCUT2D eigenvalue weighted by Crippen LogP contribution is 2.33. The molecule has 9 heteroatoms. The van der Waals surface area contributed by atoms with Crippen LogP contribution in [0.2, 0.25) is 0 Å². The number of fused-ring (bicyclic) bond motifs is 2. The molecule has 9 nitrogen and oxygen atoms in total. The Hall–Kier alpha value is -4.92. The second-order valence-electron chi connectivity index (χ2n) is 8.44. The SMILES string of the molecule is CCCC(=O)Nc1cncc(-c2ccc3[nH]nc(-c4cc5c(-c6ccccn6)ccnc5[nH]4)c3n2)c1. The van der Waals surface area contributed by atoms with Crippen LogP contribution in [0.1, 0.15) is 19.8 Å². The highest BCUT2D eigenvalue weighted by atomic mass is 16.1. The molecule has 0 unspecified atom stereocenters. The first-order valence-electron chi connectivity index (χ1n) is 11.7. The summed E-state index contributed by atoms with van der Waals surface area (Å²) in [6.07, 6.45) is 8.16. The van der Waals surface area contributed by atoms with Gasteiger partial charge in [-0.25, -0.2) is 9.97 Å². The van der Waals surface area contributed by atoms with Crippen molar-refractivity contribution in [2.24, 2.45) is 0 Å². The van der Waals surface area contributed by atoms with Gasteiger partial charge in [0.25, 0.3) is 0 Å². The molecule has 0 aliphatic heterocycles. The molecule has 0 radical (unpaired) electrons. The highest BCUT2D eigenvalue weighted by Gasteiger charge is 2.16. The number of pyridine rings is 4. The van der Waals surface area contributed by atoms with Crippen LogP contribution in [0, 0.1) is 0 Å². The number of carbonyl (C=O) groups excluding carboxylic acids is 1. The molecule has 0 aliphatic rings. The van der Waals surface area contributed by atoms with Crippen LogP contribution in [0.4, 0.5) is 5.69 Å². The summed E-state index contributed by atoms with van der Waals surface area (Å²) < 4.78 is 0. The lowest BCUT2D eigenvalue weighted by Crippen LogP contribution is -2.10. The Labute approximate surface area is 206 Å². The van der Waals surface area contributed by atoms with Crippen LogP contribution < -0.4 is 5.32 Å². The van der Waals surface area contributed by atoms with Crippen molar-refractivity contribution in [2.75, 3.05) is 5.32 Å². The van der Waals surface area contributed by atoms with E-state index in [1.54, 1.807) is 24.8 Å². The average molecular weight is 475 g/mol. The van der Waals surface area contributed by atoms with Crippen molar-refractivity contribution in [1.29, 1.82) is 0 Å². The molecule has 0 saturated carbocycles. The quantitative estimate of drug-likeness (QED) is 0.298. The Bertz CT molecular complexity index is 1700. The average Bonchev–Trinajstić information content (AvgIpc) is 3.53. The minimum Gasteiger partial charge on any atom is -0.338 e. The molecular formula is C27H22N8O. The van der Waals surface area contributed by atoms with E-state index in [0.29, 0.717) is 17.8 Å². The zero-order chi connectivity index (χ0) is 24.5. The van der Waals surface area contributed by atoms with E-state index in [-0.39, 0.29) is 5.91 Å². The van der Waals surface area contributed by atoms with Crippen LogP contribution in [-0.4, -0.2) is 41.0 Å². The number of nitrogens with zero attached hydrogens (tertiary/aromatic N) is 5. The van der Waals surface area contributed by atoms with Crippen molar-refractivity contribution in [3.8, 4) is 33.9 Å². The second-order valence-corrected chi connectivity index (χ2v) is 8.44. The van der Waals surface area contributed by atoms with Crippen LogP contribution in [0.15, 0.2) is 73.3 Å². The van der Waals surface area contributed by atoms with Gasteiger partial charge in [-0.05, 0) is 48.9 Å². The summed E-state index contributed by atoms with van der Waals surface area (Å²) in [6.45, 7) is 1.97. The molecule has 0 fully saturated rings. The Morgan fingerprint density at radius 1 is 1.00 bits per heavy atom. The van der Waals surface area contributed by atoms with Crippen LogP contribution in [0.5, 0.6) is 0 Å². The van der Waals surface area contributed by atoms with Crippen molar-refractivity contribution >= 4 is 33.7 Å². The molecular weight excluding hydrogens is 452 g/mol. The Morgan fingerprint density at radius 2 is 1.94 bits per heavy atom. The van der Waals surface area contributed by atoms with Crippen LogP contribution >= 0.6 is 0 Å². The zero-order valence-corrected chi connectivity index (χ0v) is 19.5. The smallest absolute Gasteiger partial charge is 0.224 e. The van der Waals surface area contributed by atoms with E-state index in [0.717, 1.165) is 56.7 Å². The molecule has 0 bridgehead atoms. The molecule has 0 aliphatic carbocycles. The largest absolute Gasteiger partial charge is 0.338 e. The van der Waals surface area contributed by atoms with Gasteiger partial charge in [0.2, 0.25) is 5.91 Å². The molecule has 3 N–H and O–H groups in total. The highest BCUT2D eigenvalue weighted by molar-refractivity contribution is 5.98. The van der Waals surface area contributed by atoms with Crippen molar-refractivity contribution in [2.45, 2.75) is 19.8 Å². The first kappa shape index (κ1) is 21.6. The first-order valence-corrected chi connectivity index (χ1v) is 11.7. The summed E-state index contributed by atoms with van der Waals surface area (Å²) in [4.78, 5) is 33.6. The van der Waals surface area contributed by atoms with Gasteiger partial charge in [-0.3, -0.25) is 19.9 Å². The van der Waals surface area contributed by atoms with E-state index in [2.05, 4.69) is 35.5 Å². The predicted molar refractivity (Wildman–Crippen MR) is 139 cm³/mol. The van der Waals surface area contributed by atoms with Gasteiger partial charge in [0, 0.05) is 41.5 Å². The molecule has 6 heterocycles. The number of hydrogen-bond acceptors (Lipinski definition) is 6. The maximum absolute atomic E-state index is 12.0. The number of nitrogens with one attached hydrogen (secondary N) is 3. The maximum atomic E-state index is 12.0. The molecule has 0 aromatic carbocycles. The van der Waals surface area contributed by atoms with Gasteiger partial charge >= 0.3 is 0 Å². The van der Waals surface area contributed by atoms with E-state index in [9.17, 15) is 4.79 Å². The Balaban J connectivity index is 1.40. The van der Waals surface area contributed by atoms with Crippen LogP contribution in [0.3, 0.4) is 0 Å². The molecule has 6 aromatic heterocycles. The van der Waals surface area contributed by atoms with E-state index in [1.165, 1.54) is 0 Å². The van der Waals surface area contributed by atoms with Gasteiger partial charge in [0.1, 0.15) is 16.9 Å². The van der Waals surface area contributed by atoms with E-state index in [4.69, 9.17) is 4.98 Å². The summed E-state index contributed by atoms with van der Waals surface area (Å²) in [7, 11) is 0. The Morgan fingerprint density at radius 3 is 2.81 bits per heavy atom.